The van der Waals surface area contributed by atoms with Crippen molar-refractivity contribution in [2.75, 3.05) is 6.61 Å². The zero-order valence-corrected chi connectivity index (χ0v) is 8.40. The van der Waals surface area contributed by atoms with Crippen LogP contribution in [0.2, 0.25) is 0 Å². The average molecular weight is 213 g/mol. The molecule has 15 heavy (non-hydrogen) atoms. The largest absolute Gasteiger partial charge is 0.480 e. The normalized spacial score (nSPS) is 11.5. The molecular weight excluding hydrogens is 198 g/mol. The molecule has 0 aliphatic heterocycles. The molecule has 0 bridgehead atoms. The Morgan fingerprint density at radius 2 is 2.07 bits per heavy atom. The van der Waals surface area contributed by atoms with Crippen molar-refractivity contribution >= 4 is 11.9 Å². The Balaban J connectivity index is 3.73. The standard InChI is InChI=1S/C10H15NO4/c1-2-3-4-5-6-9(13)11-8(7-12)10(14)15/h1,8,12H,3-7H2,(H,11,13)(H,14,15)/t8-/m1/s1. The lowest BCUT2D eigenvalue weighted by atomic mass is 10.2. The second-order valence-corrected chi connectivity index (χ2v) is 3.05. The molecule has 0 aromatic rings. The summed E-state index contributed by atoms with van der Waals surface area (Å²) >= 11 is 0. The Hall–Kier alpha value is -1.54. The molecule has 0 aromatic carbocycles. The monoisotopic (exact) mass is 213 g/mol. The summed E-state index contributed by atoms with van der Waals surface area (Å²) in [5.41, 5.74) is 0. The summed E-state index contributed by atoms with van der Waals surface area (Å²) in [5, 5.41) is 19.4. The number of carboxylic acids is 1. The Kier molecular flexibility index (Phi) is 7.02. The van der Waals surface area contributed by atoms with Crippen molar-refractivity contribution < 1.29 is 19.8 Å². The smallest absolute Gasteiger partial charge is 0.328 e. The van der Waals surface area contributed by atoms with Crippen molar-refractivity contribution in [3.05, 3.63) is 0 Å². The van der Waals surface area contributed by atoms with Gasteiger partial charge in [0.25, 0.3) is 0 Å². The van der Waals surface area contributed by atoms with Crippen LogP contribution in [0.25, 0.3) is 0 Å². The first-order valence-corrected chi connectivity index (χ1v) is 4.68. The second-order valence-electron chi connectivity index (χ2n) is 3.05. The van der Waals surface area contributed by atoms with E-state index in [-0.39, 0.29) is 12.3 Å². The molecular formula is C10H15NO4. The van der Waals surface area contributed by atoms with Gasteiger partial charge in [-0.25, -0.2) is 4.79 Å². The van der Waals surface area contributed by atoms with E-state index in [1.807, 2.05) is 0 Å². The first-order chi connectivity index (χ1) is 7.11. The number of unbranched alkanes of at least 4 members (excludes halogenated alkanes) is 2. The number of carbonyl (C=O) groups is 2. The zero-order chi connectivity index (χ0) is 11.7. The van der Waals surface area contributed by atoms with Crippen LogP contribution in [0.15, 0.2) is 0 Å². The number of aliphatic hydroxyl groups is 1. The Labute approximate surface area is 88.5 Å². The van der Waals surface area contributed by atoms with Gasteiger partial charge in [0.05, 0.1) is 6.61 Å². The van der Waals surface area contributed by atoms with Gasteiger partial charge in [-0.15, -0.1) is 12.3 Å². The van der Waals surface area contributed by atoms with Crippen LogP contribution in [0.3, 0.4) is 0 Å². The second kappa shape index (κ2) is 7.83. The van der Waals surface area contributed by atoms with Crippen molar-refractivity contribution in [3.63, 3.8) is 0 Å². The average Bonchev–Trinajstić information content (AvgIpc) is 2.20. The summed E-state index contributed by atoms with van der Waals surface area (Å²) in [7, 11) is 0. The number of rotatable bonds is 7. The third-order valence-electron chi connectivity index (χ3n) is 1.79. The summed E-state index contributed by atoms with van der Waals surface area (Å²) in [4.78, 5) is 21.6. The fourth-order valence-corrected chi connectivity index (χ4v) is 0.965. The quantitative estimate of drug-likeness (QED) is 0.402. The fourth-order valence-electron chi connectivity index (χ4n) is 0.965. The lowest BCUT2D eigenvalue weighted by Crippen LogP contribution is -2.43. The third-order valence-corrected chi connectivity index (χ3v) is 1.79. The molecule has 5 heteroatoms. The van der Waals surface area contributed by atoms with Crippen molar-refractivity contribution in [1.82, 2.24) is 5.32 Å². The van der Waals surface area contributed by atoms with Crippen LogP contribution in [0.1, 0.15) is 25.7 Å². The molecule has 0 aliphatic carbocycles. The highest BCUT2D eigenvalue weighted by Crippen LogP contribution is 1.99. The van der Waals surface area contributed by atoms with Gasteiger partial charge in [-0.3, -0.25) is 4.79 Å². The minimum atomic E-state index is -1.24. The molecule has 3 N–H and O–H groups in total. The molecule has 0 saturated heterocycles. The van der Waals surface area contributed by atoms with Crippen molar-refractivity contribution in [1.29, 1.82) is 0 Å². The van der Waals surface area contributed by atoms with E-state index in [0.29, 0.717) is 12.8 Å². The SMILES string of the molecule is C#CCCCCC(=O)N[C@H](CO)C(=O)O. The fraction of sp³-hybridized carbons (Fsp3) is 0.600. The van der Waals surface area contributed by atoms with Crippen LogP contribution < -0.4 is 5.32 Å². The molecule has 0 saturated carbocycles. The van der Waals surface area contributed by atoms with Gasteiger partial charge >= 0.3 is 5.97 Å². The molecule has 0 fully saturated rings. The number of hydrogen-bond donors (Lipinski definition) is 3. The minimum absolute atomic E-state index is 0.228. The van der Waals surface area contributed by atoms with Gasteiger partial charge in [0.2, 0.25) is 5.91 Å². The first kappa shape index (κ1) is 13.5. The lowest BCUT2D eigenvalue weighted by molar-refractivity contribution is -0.142. The van der Waals surface area contributed by atoms with Gasteiger partial charge in [0.1, 0.15) is 6.04 Å². The van der Waals surface area contributed by atoms with Crippen LogP contribution in [0.5, 0.6) is 0 Å². The molecule has 0 heterocycles. The summed E-state index contributed by atoms with van der Waals surface area (Å²) in [6, 6.07) is -1.22. The highest BCUT2D eigenvalue weighted by molar-refractivity contribution is 5.83. The topological polar surface area (TPSA) is 86.6 Å². The molecule has 84 valence electrons. The number of aliphatic hydroxyl groups excluding tert-OH is 1. The van der Waals surface area contributed by atoms with Crippen LogP contribution in [0.4, 0.5) is 0 Å². The molecule has 0 spiro atoms. The molecule has 1 atom stereocenters. The molecule has 0 radical (unpaired) electrons. The van der Waals surface area contributed by atoms with Gasteiger partial charge in [0, 0.05) is 12.8 Å². The highest BCUT2D eigenvalue weighted by Gasteiger charge is 2.17. The van der Waals surface area contributed by atoms with Crippen molar-refractivity contribution in [3.8, 4) is 12.3 Å². The van der Waals surface area contributed by atoms with Gasteiger partial charge in [0.15, 0.2) is 0 Å². The van der Waals surface area contributed by atoms with Gasteiger partial charge in [-0.2, -0.15) is 0 Å². The molecule has 0 aliphatic rings. The Morgan fingerprint density at radius 3 is 2.53 bits per heavy atom. The number of carboxylic acid groups (broad SMARTS) is 1. The van der Waals surface area contributed by atoms with E-state index in [2.05, 4.69) is 11.2 Å². The van der Waals surface area contributed by atoms with Crippen LogP contribution in [0, 0.1) is 12.3 Å². The van der Waals surface area contributed by atoms with E-state index in [4.69, 9.17) is 16.6 Å². The van der Waals surface area contributed by atoms with Gasteiger partial charge in [-0.1, -0.05) is 0 Å². The molecule has 0 rings (SSSR count). The van der Waals surface area contributed by atoms with E-state index in [9.17, 15) is 9.59 Å². The molecule has 1 amide bonds. The number of amides is 1. The molecule has 0 aromatic heterocycles. The zero-order valence-electron chi connectivity index (χ0n) is 8.40. The molecule has 0 unspecified atom stereocenters. The summed E-state index contributed by atoms with van der Waals surface area (Å²) in [5.74, 6) is 0.824. The predicted molar refractivity (Wildman–Crippen MR) is 54.0 cm³/mol. The predicted octanol–water partition coefficient (Wildman–Crippen LogP) is -0.258. The van der Waals surface area contributed by atoms with E-state index >= 15 is 0 Å². The van der Waals surface area contributed by atoms with Crippen LogP contribution >= 0.6 is 0 Å². The number of nitrogens with one attached hydrogen (secondary N) is 1. The number of carbonyl (C=O) groups excluding carboxylic acids is 1. The van der Waals surface area contributed by atoms with E-state index in [0.717, 1.165) is 6.42 Å². The third kappa shape index (κ3) is 6.52. The maximum absolute atomic E-state index is 11.1. The van der Waals surface area contributed by atoms with Gasteiger partial charge < -0.3 is 15.5 Å². The highest BCUT2D eigenvalue weighted by atomic mass is 16.4. The van der Waals surface area contributed by atoms with Crippen LogP contribution in [-0.4, -0.2) is 34.7 Å². The Bertz CT molecular complexity index is 257. The number of hydrogen-bond acceptors (Lipinski definition) is 3. The summed E-state index contributed by atoms with van der Waals surface area (Å²) in [6.07, 6.45) is 7.22. The van der Waals surface area contributed by atoms with Crippen LogP contribution in [-0.2, 0) is 9.59 Å². The summed E-state index contributed by atoms with van der Waals surface area (Å²) in [6.45, 7) is -0.606. The van der Waals surface area contributed by atoms with Crippen molar-refractivity contribution in [2.45, 2.75) is 31.7 Å². The van der Waals surface area contributed by atoms with E-state index in [1.165, 1.54) is 0 Å². The number of terminal acetylenes is 1. The maximum Gasteiger partial charge on any atom is 0.328 e. The van der Waals surface area contributed by atoms with E-state index < -0.39 is 18.6 Å². The van der Waals surface area contributed by atoms with Gasteiger partial charge in [-0.05, 0) is 12.8 Å². The minimum Gasteiger partial charge on any atom is -0.480 e. The Morgan fingerprint density at radius 1 is 1.40 bits per heavy atom. The summed E-state index contributed by atoms with van der Waals surface area (Å²) < 4.78 is 0. The number of aliphatic carboxylic acids is 1. The van der Waals surface area contributed by atoms with Crippen molar-refractivity contribution in [2.24, 2.45) is 0 Å². The van der Waals surface area contributed by atoms with E-state index in [1.54, 1.807) is 0 Å². The molecule has 5 nitrogen and oxygen atoms in total. The lowest BCUT2D eigenvalue weighted by Gasteiger charge is -2.10. The first-order valence-electron chi connectivity index (χ1n) is 4.68. The maximum atomic E-state index is 11.1.